The second-order valence-corrected chi connectivity index (χ2v) is 10.5. The summed E-state index contributed by atoms with van der Waals surface area (Å²) in [6, 6.07) is 24.2. The van der Waals surface area contributed by atoms with Crippen LogP contribution in [0.15, 0.2) is 83.8 Å². The van der Waals surface area contributed by atoms with Crippen LogP contribution in [0.2, 0.25) is 10.0 Å². The van der Waals surface area contributed by atoms with Gasteiger partial charge in [-0.3, -0.25) is 9.59 Å². The Kier molecular flexibility index (Phi) is 11.7. The number of benzene rings is 3. The fourth-order valence-electron chi connectivity index (χ4n) is 3.80. The molecule has 0 saturated heterocycles. The number of unbranched alkanes of at least 4 members (excludes halogenated alkanes) is 1. The molecule has 7 heteroatoms. The van der Waals surface area contributed by atoms with Crippen molar-refractivity contribution in [2.75, 3.05) is 12.3 Å². The minimum Gasteiger partial charge on any atom is -0.354 e. The molecule has 0 saturated carbocycles. The fraction of sp³-hybridized carbons (Fsp3) is 0.310. The molecular formula is C29H32Cl2N2O2S. The van der Waals surface area contributed by atoms with E-state index in [2.05, 4.69) is 12.2 Å². The zero-order valence-corrected chi connectivity index (χ0v) is 22.8. The van der Waals surface area contributed by atoms with E-state index in [9.17, 15) is 9.59 Å². The maximum atomic E-state index is 13.6. The molecule has 0 heterocycles. The first-order valence-corrected chi connectivity index (χ1v) is 13.9. The van der Waals surface area contributed by atoms with Crippen LogP contribution < -0.4 is 5.32 Å². The van der Waals surface area contributed by atoms with Crippen LogP contribution >= 0.6 is 35.0 Å². The van der Waals surface area contributed by atoms with E-state index in [-0.39, 0.29) is 18.4 Å². The summed E-state index contributed by atoms with van der Waals surface area (Å²) in [5, 5.41) is 4.30. The molecule has 0 aromatic heterocycles. The van der Waals surface area contributed by atoms with Crippen LogP contribution in [0.1, 0.15) is 37.3 Å². The van der Waals surface area contributed by atoms with Crippen molar-refractivity contribution < 1.29 is 9.59 Å². The van der Waals surface area contributed by atoms with Gasteiger partial charge in [-0.15, -0.1) is 11.8 Å². The summed E-state index contributed by atoms with van der Waals surface area (Å²) in [6.45, 7) is 2.93. The lowest BCUT2D eigenvalue weighted by atomic mass is 10.0. The smallest absolute Gasteiger partial charge is 0.243 e. The monoisotopic (exact) mass is 542 g/mol. The van der Waals surface area contributed by atoms with Crippen molar-refractivity contribution in [3.8, 4) is 0 Å². The molecule has 3 rings (SSSR count). The van der Waals surface area contributed by atoms with Crippen molar-refractivity contribution in [1.29, 1.82) is 0 Å². The summed E-state index contributed by atoms with van der Waals surface area (Å²) in [5.41, 5.74) is 1.82. The largest absolute Gasteiger partial charge is 0.354 e. The van der Waals surface area contributed by atoms with Crippen LogP contribution in [-0.2, 0) is 22.6 Å². The van der Waals surface area contributed by atoms with Gasteiger partial charge in [0.2, 0.25) is 11.8 Å². The lowest BCUT2D eigenvalue weighted by Crippen LogP contribution is -2.50. The number of hydrogen-bond acceptors (Lipinski definition) is 3. The molecule has 1 N–H and O–H groups in total. The Morgan fingerprint density at radius 1 is 0.944 bits per heavy atom. The molecule has 0 bridgehead atoms. The highest BCUT2D eigenvalue weighted by molar-refractivity contribution is 7.99. The van der Waals surface area contributed by atoms with Crippen molar-refractivity contribution in [2.45, 2.75) is 50.1 Å². The number of nitrogens with one attached hydrogen (secondary N) is 1. The highest BCUT2D eigenvalue weighted by atomic mass is 35.5. The first kappa shape index (κ1) is 28.1. The van der Waals surface area contributed by atoms with Crippen LogP contribution in [0.25, 0.3) is 0 Å². The molecule has 1 atom stereocenters. The second-order valence-electron chi connectivity index (χ2n) is 8.52. The van der Waals surface area contributed by atoms with Crippen molar-refractivity contribution in [3.63, 3.8) is 0 Å². The molecule has 0 aliphatic heterocycles. The molecule has 36 heavy (non-hydrogen) atoms. The molecule has 0 spiro atoms. The highest BCUT2D eigenvalue weighted by Crippen LogP contribution is 2.24. The number of hydrogen-bond donors (Lipinski definition) is 1. The molecule has 4 nitrogen and oxygen atoms in total. The zero-order chi connectivity index (χ0) is 25.8. The molecule has 0 unspecified atom stereocenters. The number of halogens is 2. The van der Waals surface area contributed by atoms with E-state index in [0.29, 0.717) is 35.2 Å². The van der Waals surface area contributed by atoms with Gasteiger partial charge in [-0.2, -0.15) is 0 Å². The number of amides is 2. The van der Waals surface area contributed by atoms with Crippen LogP contribution in [0.3, 0.4) is 0 Å². The standard InChI is InChI=1S/C29H32Cl2N2O2S/c1-2-3-18-32-29(35)27(20-22-9-5-4-6-10-22)33(21-23-11-7-8-12-26(23)31)28(34)17-19-36-25-15-13-24(30)14-16-25/h4-16,27H,2-3,17-21H2,1H3,(H,32,35)/t27-/m1/s1. The third-order valence-electron chi connectivity index (χ3n) is 5.80. The maximum Gasteiger partial charge on any atom is 0.243 e. The predicted octanol–water partition coefficient (Wildman–Crippen LogP) is 7.03. The van der Waals surface area contributed by atoms with Crippen LogP contribution in [0, 0.1) is 0 Å². The van der Waals surface area contributed by atoms with E-state index >= 15 is 0 Å². The SMILES string of the molecule is CCCCNC(=O)[C@@H](Cc1ccccc1)N(Cc1ccccc1Cl)C(=O)CCSc1ccc(Cl)cc1. The second kappa shape index (κ2) is 14.9. The van der Waals surface area contributed by atoms with Gasteiger partial charge in [0.1, 0.15) is 6.04 Å². The van der Waals surface area contributed by atoms with Gasteiger partial charge >= 0.3 is 0 Å². The molecule has 2 amide bonds. The molecule has 3 aromatic rings. The molecule has 0 aliphatic carbocycles. The summed E-state index contributed by atoms with van der Waals surface area (Å²) in [4.78, 5) is 29.8. The quantitative estimate of drug-likeness (QED) is 0.186. The predicted molar refractivity (Wildman–Crippen MR) is 151 cm³/mol. The summed E-state index contributed by atoms with van der Waals surface area (Å²) < 4.78 is 0. The summed E-state index contributed by atoms with van der Waals surface area (Å²) in [5.74, 6) is 0.371. The van der Waals surface area contributed by atoms with E-state index < -0.39 is 6.04 Å². The van der Waals surface area contributed by atoms with E-state index in [0.717, 1.165) is 28.9 Å². The summed E-state index contributed by atoms with van der Waals surface area (Å²) >= 11 is 14.0. The Hall–Kier alpha value is -2.47. The molecule has 3 aromatic carbocycles. The van der Waals surface area contributed by atoms with Gasteiger partial charge in [0.25, 0.3) is 0 Å². The first-order valence-electron chi connectivity index (χ1n) is 12.2. The van der Waals surface area contributed by atoms with Crippen LogP contribution in [-0.4, -0.2) is 35.1 Å². The Bertz CT molecular complexity index is 1110. The Morgan fingerprint density at radius 3 is 2.33 bits per heavy atom. The van der Waals surface area contributed by atoms with E-state index in [1.54, 1.807) is 16.7 Å². The molecule has 0 radical (unpaired) electrons. The number of nitrogens with zero attached hydrogens (tertiary/aromatic N) is 1. The highest BCUT2D eigenvalue weighted by Gasteiger charge is 2.30. The molecule has 0 aliphatic rings. The Balaban J connectivity index is 1.83. The van der Waals surface area contributed by atoms with E-state index in [4.69, 9.17) is 23.2 Å². The average molecular weight is 544 g/mol. The fourth-order valence-corrected chi connectivity index (χ4v) is 4.96. The topological polar surface area (TPSA) is 49.4 Å². The van der Waals surface area contributed by atoms with Gasteiger partial charge in [-0.1, -0.05) is 85.1 Å². The Labute approximate surface area is 228 Å². The van der Waals surface area contributed by atoms with Crippen LogP contribution in [0.5, 0.6) is 0 Å². The van der Waals surface area contributed by atoms with Crippen molar-refractivity contribution in [2.24, 2.45) is 0 Å². The van der Waals surface area contributed by atoms with E-state index in [1.165, 1.54) is 0 Å². The summed E-state index contributed by atoms with van der Waals surface area (Å²) in [6.07, 6.45) is 2.60. The third-order valence-corrected chi connectivity index (χ3v) is 7.43. The van der Waals surface area contributed by atoms with E-state index in [1.807, 2.05) is 78.9 Å². The average Bonchev–Trinajstić information content (AvgIpc) is 2.89. The van der Waals surface area contributed by atoms with Gasteiger partial charge in [-0.05, 0) is 47.9 Å². The van der Waals surface area contributed by atoms with Gasteiger partial charge in [-0.25, -0.2) is 0 Å². The lowest BCUT2D eigenvalue weighted by molar-refractivity contribution is -0.141. The molecule has 0 fully saturated rings. The van der Waals surface area contributed by atoms with Crippen molar-refractivity contribution in [1.82, 2.24) is 10.2 Å². The lowest BCUT2D eigenvalue weighted by Gasteiger charge is -2.32. The minimum atomic E-state index is -0.645. The molecule has 190 valence electrons. The van der Waals surface area contributed by atoms with Crippen LogP contribution in [0.4, 0.5) is 0 Å². The Morgan fingerprint density at radius 2 is 1.64 bits per heavy atom. The maximum absolute atomic E-state index is 13.6. The van der Waals surface area contributed by atoms with Gasteiger partial charge < -0.3 is 10.2 Å². The number of rotatable bonds is 13. The third kappa shape index (κ3) is 8.88. The molecular weight excluding hydrogens is 511 g/mol. The van der Waals surface area contributed by atoms with Gasteiger partial charge in [0.15, 0.2) is 0 Å². The normalized spacial score (nSPS) is 11.6. The number of carbonyl (C=O) groups is 2. The summed E-state index contributed by atoms with van der Waals surface area (Å²) in [7, 11) is 0. The zero-order valence-electron chi connectivity index (χ0n) is 20.5. The van der Waals surface area contributed by atoms with Gasteiger partial charge in [0, 0.05) is 46.6 Å². The van der Waals surface area contributed by atoms with Crippen molar-refractivity contribution in [3.05, 3.63) is 100 Å². The minimum absolute atomic E-state index is 0.0806. The van der Waals surface area contributed by atoms with Gasteiger partial charge in [0.05, 0.1) is 0 Å². The number of carbonyl (C=O) groups excluding carboxylic acids is 2. The van der Waals surface area contributed by atoms with Crippen molar-refractivity contribution >= 4 is 46.8 Å². The first-order chi connectivity index (χ1) is 17.5. The number of thioether (sulfide) groups is 1.